The van der Waals surface area contributed by atoms with Crippen molar-refractivity contribution in [3.8, 4) is 0 Å². The van der Waals surface area contributed by atoms with Crippen LogP contribution in [0, 0.1) is 0 Å². The van der Waals surface area contributed by atoms with Crippen molar-refractivity contribution >= 4 is 27.9 Å². The first kappa shape index (κ1) is 19.5. The average Bonchev–Trinajstić information content (AvgIpc) is 3.34. The number of anilines is 1. The Hall–Kier alpha value is -3.22. The Morgan fingerprint density at radius 1 is 1.09 bits per heavy atom. The minimum absolute atomic E-state index is 0.239. The van der Waals surface area contributed by atoms with E-state index in [2.05, 4.69) is 93.7 Å². The third-order valence-corrected chi connectivity index (χ3v) is 6.95. The number of aromatic nitrogens is 1. The number of aromatic amines is 1. The normalized spacial score (nSPS) is 21.1. The lowest BCUT2D eigenvalue weighted by atomic mass is 9.91. The molecule has 6 rings (SSSR count). The predicted octanol–water partition coefficient (Wildman–Crippen LogP) is 4.46. The highest BCUT2D eigenvalue weighted by Crippen LogP contribution is 2.40. The van der Waals surface area contributed by atoms with Crippen molar-refractivity contribution in [2.24, 2.45) is 0 Å². The van der Waals surface area contributed by atoms with Crippen molar-refractivity contribution in [2.75, 3.05) is 32.0 Å². The van der Waals surface area contributed by atoms with Crippen molar-refractivity contribution in [2.45, 2.75) is 25.8 Å². The lowest BCUT2D eigenvalue weighted by molar-refractivity contribution is 0.0447. The molecule has 0 fully saturated rings. The van der Waals surface area contributed by atoms with Gasteiger partial charge in [0.05, 0.1) is 17.4 Å². The van der Waals surface area contributed by atoms with Crippen molar-refractivity contribution in [1.29, 1.82) is 0 Å². The molecule has 32 heavy (non-hydrogen) atoms. The van der Waals surface area contributed by atoms with Crippen molar-refractivity contribution in [3.05, 3.63) is 77.1 Å². The average molecular weight is 427 g/mol. The highest BCUT2D eigenvalue weighted by Gasteiger charge is 2.33. The molecule has 164 valence electrons. The van der Waals surface area contributed by atoms with Crippen LogP contribution in [-0.4, -0.2) is 41.8 Å². The number of allylic oxidation sites excluding steroid dienone is 1. The molecule has 0 aliphatic carbocycles. The van der Waals surface area contributed by atoms with Crippen molar-refractivity contribution < 1.29 is 0 Å². The number of rotatable bonds is 3. The van der Waals surface area contributed by atoms with Crippen LogP contribution in [0.15, 0.2) is 60.4 Å². The summed E-state index contributed by atoms with van der Waals surface area (Å²) in [7, 11) is 2.10. The van der Waals surface area contributed by atoms with Gasteiger partial charge in [0.15, 0.2) is 0 Å². The summed E-state index contributed by atoms with van der Waals surface area (Å²) in [5, 5.41) is 13.0. The van der Waals surface area contributed by atoms with E-state index >= 15 is 0 Å². The van der Waals surface area contributed by atoms with Gasteiger partial charge >= 0.3 is 0 Å². The van der Waals surface area contributed by atoms with Crippen LogP contribution >= 0.6 is 0 Å². The highest BCUT2D eigenvalue weighted by atomic mass is 15.8. The van der Waals surface area contributed by atoms with E-state index in [0.717, 1.165) is 32.5 Å². The second-order valence-corrected chi connectivity index (χ2v) is 8.98. The van der Waals surface area contributed by atoms with Crippen LogP contribution in [0.2, 0.25) is 0 Å². The van der Waals surface area contributed by atoms with Crippen molar-refractivity contribution in [3.63, 3.8) is 0 Å². The molecule has 1 unspecified atom stereocenters. The maximum absolute atomic E-state index is 3.87. The Bertz CT molecular complexity index is 1240. The van der Waals surface area contributed by atoms with Crippen LogP contribution in [0.3, 0.4) is 0 Å². The molecule has 3 aromatic rings. The number of nitrogens with zero attached hydrogens (tertiary/aromatic N) is 2. The Morgan fingerprint density at radius 3 is 2.91 bits per heavy atom. The summed E-state index contributed by atoms with van der Waals surface area (Å²) < 4.78 is 0. The second-order valence-electron chi connectivity index (χ2n) is 8.98. The van der Waals surface area contributed by atoms with Gasteiger partial charge in [-0.1, -0.05) is 18.2 Å². The molecule has 0 amide bonds. The zero-order chi connectivity index (χ0) is 21.7. The summed E-state index contributed by atoms with van der Waals surface area (Å²) in [6.45, 7) is 5.13. The second kappa shape index (κ2) is 7.73. The monoisotopic (exact) mass is 426 g/mol. The molecule has 4 N–H and O–H groups in total. The highest BCUT2D eigenvalue weighted by molar-refractivity contribution is 5.83. The summed E-state index contributed by atoms with van der Waals surface area (Å²) in [5.41, 5.74) is 13.8. The number of H-pyrrole nitrogens is 1. The number of nitrogens with one attached hydrogen (secondary N) is 4. The summed E-state index contributed by atoms with van der Waals surface area (Å²) in [4.78, 5) is 3.29. The van der Waals surface area contributed by atoms with Gasteiger partial charge in [-0.2, -0.15) is 0 Å². The van der Waals surface area contributed by atoms with Crippen LogP contribution in [0.25, 0.3) is 22.2 Å². The molecular formula is C26H30N6. The minimum Gasteiger partial charge on any atom is -0.378 e. The van der Waals surface area contributed by atoms with E-state index in [9.17, 15) is 0 Å². The molecule has 0 radical (unpaired) electrons. The van der Waals surface area contributed by atoms with E-state index in [1.54, 1.807) is 0 Å². The molecule has 2 aromatic carbocycles. The van der Waals surface area contributed by atoms with Gasteiger partial charge in [0.25, 0.3) is 0 Å². The van der Waals surface area contributed by atoms with E-state index in [0.29, 0.717) is 0 Å². The van der Waals surface area contributed by atoms with Crippen LogP contribution < -0.4 is 16.1 Å². The molecular weight excluding hydrogens is 396 g/mol. The summed E-state index contributed by atoms with van der Waals surface area (Å²) in [6.07, 6.45) is 6.44. The fourth-order valence-electron chi connectivity index (χ4n) is 5.35. The molecule has 6 nitrogen and oxygen atoms in total. The fourth-order valence-corrected chi connectivity index (χ4v) is 5.35. The molecule has 0 spiro atoms. The number of benzene rings is 2. The molecule has 4 heterocycles. The molecule has 0 saturated carbocycles. The quantitative estimate of drug-likeness (QED) is 0.498. The van der Waals surface area contributed by atoms with Gasteiger partial charge in [-0.15, -0.1) is 5.12 Å². The van der Waals surface area contributed by atoms with E-state index in [4.69, 9.17) is 0 Å². The maximum Gasteiger partial charge on any atom is 0.0816 e. The van der Waals surface area contributed by atoms with Gasteiger partial charge in [0.1, 0.15) is 0 Å². The van der Waals surface area contributed by atoms with Gasteiger partial charge in [-0.05, 0) is 73.3 Å². The molecule has 3 aliphatic heterocycles. The van der Waals surface area contributed by atoms with E-state index in [1.807, 2.05) is 6.20 Å². The third kappa shape index (κ3) is 3.27. The molecule has 0 saturated heterocycles. The number of fused-ring (bicyclic) bond motifs is 4. The zero-order valence-electron chi connectivity index (χ0n) is 18.7. The molecule has 0 bridgehead atoms. The Kier molecular flexibility index (Phi) is 4.70. The molecule has 6 heteroatoms. The first-order chi connectivity index (χ1) is 15.7. The first-order valence-electron chi connectivity index (χ1n) is 11.5. The van der Waals surface area contributed by atoms with Gasteiger partial charge in [0, 0.05) is 48.5 Å². The van der Waals surface area contributed by atoms with Gasteiger partial charge < -0.3 is 21.0 Å². The summed E-state index contributed by atoms with van der Waals surface area (Å²) in [5.74, 6) is 0. The Balaban J connectivity index is 1.44. The standard InChI is InChI=1S/C26H30N6/c1-17-26-22-5-3-19(18-7-11-27-12-8-18)16-23(22)25(10-14-32(26)31(2)30-17)29-21-4-6-24-20(15-21)9-13-28-24/h3-7,9,13,15-16,25,27-30H,8,10-12,14H2,1-2H3. The number of hydrazine groups is 2. The molecule has 3 aliphatic rings. The zero-order valence-corrected chi connectivity index (χ0v) is 18.7. The fraction of sp³-hybridized carbons (Fsp3) is 0.308. The predicted molar refractivity (Wildman–Crippen MR) is 131 cm³/mol. The molecule has 1 atom stereocenters. The van der Waals surface area contributed by atoms with Gasteiger partial charge in [-0.3, -0.25) is 5.01 Å². The van der Waals surface area contributed by atoms with E-state index in [-0.39, 0.29) is 6.04 Å². The van der Waals surface area contributed by atoms with Crippen LogP contribution in [0.1, 0.15) is 42.5 Å². The summed E-state index contributed by atoms with van der Waals surface area (Å²) >= 11 is 0. The Labute approximate surface area is 188 Å². The first-order valence-corrected chi connectivity index (χ1v) is 11.5. The largest absolute Gasteiger partial charge is 0.378 e. The lowest BCUT2D eigenvalue weighted by Gasteiger charge is -2.27. The summed E-state index contributed by atoms with van der Waals surface area (Å²) in [6, 6.07) is 16.0. The maximum atomic E-state index is 3.87. The molecule has 1 aromatic heterocycles. The Morgan fingerprint density at radius 2 is 2.03 bits per heavy atom. The van der Waals surface area contributed by atoms with E-state index in [1.165, 1.54) is 50.2 Å². The van der Waals surface area contributed by atoms with E-state index < -0.39 is 0 Å². The van der Waals surface area contributed by atoms with Crippen LogP contribution in [0.5, 0.6) is 0 Å². The third-order valence-electron chi connectivity index (χ3n) is 6.95. The SMILES string of the molecule is CC1=C2c3ccc(C4=CCNCC4)cc3C(Nc3ccc4[nH]ccc4c3)CCN2N(C)N1. The minimum atomic E-state index is 0.239. The van der Waals surface area contributed by atoms with Gasteiger partial charge in [-0.25, -0.2) is 0 Å². The smallest absolute Gasteiger partial charge is 0.0816 e. The number of hydrogen-bond acceptors (Lipinski definition) is 5. The number of hydrogen-bond donors (Lipinski definition) is 4. The van der Waals surface area contributed by atoms with Crippen molar-refractivity contribution in [1.82, 2.24) is 25.9 Å². The van der Waals surface area contributed by atoms with Crippen LogP contribution in [0.4, 0.5) is 5.69 Å². The van der Waals surface area contributed by atoms with Crippen LogP contribution in [-0.2, 0) is 0 Å². The topological polar surface area (TPSA) is 58.4 Å². The van der Waals surface area contributed by atoms with Gasteiger partial charge in [0.2, 0.25) is 0 Å². The lowest BCUT2D eigenvalue weighted by Crippen LogP contribution is -2.40.